The molecule has 0 unspecified atom stereocenters. The second-order valence-corrected chi connectivity index (χ2v) is 16.2. The van der Waals surface area contributed by atoms with E-state index in [4.69, 9.17) is 0 Å². The summed E-state index contributed by atoms with van der Waals surface area (Å²) in [6, 6.07) is 21.5. The Hall–Kier alpha value is -6.37. The van der Waals surface area contributed by atoms with Gasteiger partial charge in [-0.3, -0.25) is 29.1 Å². The molecule has 12 nitrogen and oxygen atoms in total. The lowest BCUT2D eigenvalue weighted by Gasteiger charge is -2.32. The highest BCUT2D eigenvalue weighted by atomic mass is 19.1. The van der Waals surface area contributed by atoms with Gasteiger partial charge in [-0.1, -0.05) is 37.1 Å². The number of hydrogen-bond donors (Lipinski definition) is 4. The number of H-pyrrole nitrogens is 2. The van der Waals surface area contributed by atoms with Crippen LogP contribution in [0.1, 0.15) is 105 Å². The largest absolute Gasteiger partial charge is 0.351 e. The summed E-state index contributed by atoms with van der Waals surface area (Å²) in [6.45, 7) is 6.01. The fourth-order valence-corrected chi connectivity index (χ4v) is 8.35. The van der Waals surface area contributed by atoms with Crippen molar-refractivity contribution in [2.75, 3.05) is 39.3 Å². The first-order chi connectivity index (χ1) is 29.7. The molecule has 0 saturated carbocycles. The fourth-order valence-electron chi connectivity index (χ4n) is 8.35. The van der Waals surface area contributed by atoms with Crippen LogP contribution in [0.5, 0.6) is 0 Å². The molecule has 2 fully saturated rings. The fraction of sp³-hybridized carbons (Fsp3) is 0.375. The molecule has 13 heteroatoms. The third kappa shape index (κ3) is 11.3. The van der Waals surface area contributed by atoms with E-state index >= 15 is 0 Å². The normalized spacial score (nSPS) is 14.7. The Morgan fingerprint density at radius 1 is 0.656 bits per heavy atom. The zero-order chi connectivity index (χ0) is 42.6. The molecule has 0 atom stereocenters. The van der Waals surface area contributed by atoms with Crippen molar-refractivity contribution < 1.29 is 23.6 Å². The SMILES string of the molecule is Cc1c(F)cccc1C(=O)N1CCC(CCCCNC(=O)c2cc3cnccc3[nH]2)CC1.O=C(NCCCC1CCN(C(=O)c2ccccc2)CC1)c1cc2cnccc2[nH]1. The van der Waals surface area contributed by atoms with Crippen molar-refractivity contribution in [1.29, 1.82) is 0 Å². The minimum atomic E-state index is -0.334. The molecule has 2 saturated heterocycles. The third-order valence-corrected chi connectivity index (χ3v) is 12.1. The minimum absolute atomic E-state index is 0.0732. The van der Waals surface area contributed by atoms with Crippen LogP contribution >= 0.6 is 0 Å². The van der Waals surface area contributed by atoms with Crippen LogP contribution in [0.3, 0.4) is 0 Å². The Balaban J connectivity index is 0.000000185. The molecule has 0 radical (unpaired) electrons. The Labute approximate surface area is 355 Å². The second-order valence-electron chi connectivity index (χ2n) is 16.2. The average molecular weight is 827 g/mol. The summed E-state index contributed by atoms with van der Waals surface area (Å²) in [6.07, 6.45) is 16.0. The van der Waals surface area contributed by atoms with E-state index in [1.54, 1.807) is 43.8 Å². The van der Waals surface area contributed by atoms with E-state index in [-0.39, 0.29) is 29.4 Å². The minimum Gasteiger partial charge on any atom is -0.351 e. The van der Waals surface area contributed by atoms with Gasteiger partial charge in [-0.25, -0.2) is 4.39 Å². The maximum atomic E-state index is 13.8. The van der Waals surface area contributed by atoms with Gasteiger partial charge in [0.05, 0.1) is 0 Å². The lowest BCUT2D eigenvalue weighted by molar-refractivity contribution is 0.0677. The van der Waals surface area contributed by atoms with Gasteiger partial charge in [-0.15, -0.1) is 0 Å². The maximum absolute atomic E-state index is 13.8. The summed E-state index contributed by atoms with van der Waals surface area (Å²) in [5.41, 5.74) is 4.60. The number of benzene rings is 2. The van der Waals surface area contributed by atoms with Crippen molar-refractivity contribution in [3.63, 3.8) is 0 Å². The van der Waals surface area contributed by atoms with Gasteiger partial charge in [0.1, 0.15) is 17.2 Å². The highest BCUT2D eigenvalue weighted by Gasteiger charge is 2.26. The van der Waals surface area contributed by atoms with E-state index in [9.17, 15) is 23.6 Å². The van der Waals surface area contributed by atoms with Crippen LogP contribution in [0, 0.1) is 24.6 Å². The van der Waals surface area contributed by atoms with Crippen LogP contribution in [-0.4, -0.2) is 92.6 Å². The van der Waals surface area contributed by atoms with Crippen LogP contribution in [0.15, 0.2) is 97.6 Å². The predicted octanol–water partition coefficient (Wildman–Crippen LogP) is 8.09. The average Bonchev–Trinajstić information content (AvgIpc) is 3.95. The number of pyridine rings is 2. The van der Waals surface area contributed by atoms with Crippen LogP contribution in [0.25, 0.3) is 21.8 Å². The van der Waals surface area contributed by atoms with Gasteiger partial charge in [-0.2, -0.15) is 0 Å². The van der Waals surface area contributed by atoms with Gasteiger partial charge in [0.25, 0.3) is 23.6 Å². The van der Waals surface area contributed by atoms with E-state index < -0.39 is 0 Å². The molecule has 2 aromatic carbocycles. The highest BCUT2D eigenvalue weighted by molar-refractivity contribution is 5.99. The number of rotatable bonds is 13. The van der Waals surface area contributed by atoms with Gasteiger partial charge >= 0.3 is 0 Å². The van der Waals surface area contributed by atoms with Crippen LogP contribution in [0.4, 0.5) is 4.39 Å². The molecule has 6 aromatic rings. The van der Waals surface area contributed by atoms with E-state index in [1.165, 1.54) is 6.07 Å². The van der Waals surface area contributed by atoms with Crippen molar-refractivity contribution in [2.24, 2.45) is 11.8 Å². The number of hydrogen-bond acceptors (Lipinski definition) is 6. The number of nitrogens with zero attached hydrogens (tertiary/aromatic N) is 4. The molecule has 8 rings (SSSR count). The van der Waals surface area contributed by atoms with Crippen molar-refractivity contribution >= 4 is 45.4 Å². The van der Waals surface area contributed by atoms with Crippen LogP contribution in [-0.2, 0) is 0 Å². The first-order valence-corrected chi connectivity index (χ1v) is 21.5. The lowest BCUT2D eigenvalue weighted by Crippen LogP contribution is -2.38. The van der Waals surface area contributed by atoms with E-state index in [1.807, 2.05) is 64.4 Å². The van der Waals surface area contributed by atoms with Gasteiger partial charge in [0, 0.05) is 97.0 Å². The van der Waals surface area contributed by atoms with Crippen molar-refractivity contribution in [3.8, 4) is 0 Å². The van der Waals surface area contributed by atoms with Gasteiger partial charge < -0.3 is 30.4 Å². The number of nitrogens with one attached hydrogen (secondary N) is 4. The maximum Gasteiger partial charge on any atom is 0.267 e. The standard InChI is InChI=1S/C25H29FN4O2.C23H26N4O2/c1-17-20(6-4-7-21(17)26)25(32)30-13-9-18(10-14-30)5-2-3-11-28-24(31)23-15-19-16-27-12-8-22(19)29-23;28-22(21-15-19-16-24-12-8-20(19)26-21)25-11-4-5-17-9-13-27(14-10-17)23(29)18-6-2-1-3-7-18/h4,6-8,12,15-16,18,29H,2-3,5,9-11,13-14H2,1H3,(H,28,31);1-3,6-8,12,15-17,26H,4-5,9-11,13-14H2,(H,25,28). The molecule has 6 heterocycles. The molecule has 4 N–H and O–H groups in total. The molecule has 0 spiro atoms. The third-order valence-electron chi connectivity index (χ3n) is 12.1. The summed E-state index contributed by atoms with van der Waals surface area (Å²) in [7, 11) is 0. The monoisotopic (exact) mass is 826 g/mol. The molecular weight excluding hydrogens is 772 g/mol. The van der Waals surface area contributed by atoms with Crippen molar-refractivity contribution in [3.05, 3.63) is 131 Å². The Morgan fingerprint density at radius 3 is 1.74 bits per heavy atom. The van der Waals surface area contributed by atoms with Gasteiger partial charge in [-0.05, 0) is 118 Å². The predicted molar refractivity (Wildman–Crippen MR) is 235 cm³/mol. The number of amides is 4. The van der Waals surface area contributed by atoms with Crippen molar-refractivity contribution in [2.45, 2.75) is 64.7 Å². The molecule has 4 aromatic heterocycles. The Kier molecular flexibility index (Phi) is 14.5. The number of aromatic nitrogens is 4. The molecule has 2 aliphatic rings. The Bertz CT molecular complexity index is 2350. The summed E-state index contributed by atoms with van der Waals surface area (Å²) in [4.78, 5) is 68.0. The molecular formula is C48H55FN8O4. The van der Waals surface area contributed by atoms with Crippen LogP contribution < -0.4 is 10.6 Å². The summed E-state index contributed by atoms with van der Waals surface area (Å²) >= 11 is 0. The zero-order valence-corrected chi connectivity index (χ0v) is 34.8. The molecule has 2 aliphatic heterocycles. The summed E-state index contributed by atoms with van der Waals surface area (Å²) < 4.78 is 13.8. The molecule has 318 valence electrons. The highest BCUT2D eigenvalue weighted by Crippen LogP contribution is 2.26. The summed E-state index contributed by atoms with van der Waals surface area (Å²) in [5, 5.41) is 7.83. The number of fused-ring (bicyclic) bond motifs is 2. The number of likely N-dealkylation sites (tertiary alicyclic amines) is 2. The van der Waals surface area contributed by atoms with Gasteiger partial charge in [0.2, 0.25) is 0 Å². The first kappa shape index (κ1) is 42.7. The number of halogens is 1. The number of carbonyl (C=O) groups is 4. The smallest absolute Gasteiger partial charge is 0.267 e. The van der Waals surface area contributed by atoms with E-state index in [0.717, 1.165) is 98.2 Å². The number of carbonyl (C=O) groups excluding carboxylic acids is 4. The molecule has 61 heavy (non-hydrogen) atoms. The lowest BCUT2D eigenvalue weighted by atomic mass is 9.91. The van der Waals surface area contributed by atoms with E-state index in [2.05, 4.69) is 30.6 Å². The van der Waals surface area contributed by atoms with Crippen LogP contribution in [0.2, 0.25) is 0 Å². The number of aromatic amines is 2. The second kappa shape index (κ2) is 20.7. The Morgan fingerprint density at radius 2 is 1.18 bits per heavy atom. The topological polar surface area (TPSA) is 156 Å². The molecule has 0 bridgehead atoms. The molecule has 4 amide bonds. The molecule has 0 aliphatic carbocycles. The zero-order valence-electron chi connectivity index (χ0n) is 34.8. The van der Waals surface area contributed by atoms with Gasteiger partial charge in [0.15, 0.2) is 0 Å². The summed E-state index contributed by atoms with van der Waals surface area (Å²) in [5.74, 6) is 0.751. The number of unbranched alkanes of at least 4 members (excludes halogenated alkanes) is 1. The van der Waals surface area contributed by atoms with E-state index in [0.29, 0.717) is 60.5 Å². The van der Waals surface area contributed by atoms with Crippen molar-refractivity contribution in [1.82, 2.24) is 40.4 Å². The first-order valence-electron chi connectivity index (χ1n) is 21.5. The quantitative estimate of drug-likeness (QED) is 0.0863. The number of piperidine rings is 2.